The molecule has 1 saturated heterocycles. The van der Waals surface area contributed by atoms with Crippen LogP contribution in [0.25, 0.3) is 0 Å². The van der Waals surface area contributed by atoms with E-state index in [2.05, 4.69) is 0 Å². The maximum atomic E-state index is 12.9. The molecule has 0 aromatic heterocycles. The highest BCUT2D eigenvalue weighted by molar-refractivity contribution is 6.30. The standard InChI is InChI=1S/C20H20ClF3N2O2/c1-14(28-18-7-3-5-16(21)13-18)19(27)26-10-8-25(9-11-26)17-6-2-4-15(12-17)20(22,23)24/h2-7,12-14H,8-11H2,1H3. The van der Waals surface area contributed by atoms with Gasteiger partial charge in [-0.1, -0.05) is 23.7 Å². The minimum atomic E-state index is -4.37. The van der Waals surface area contributed by atoms with E-state index in [1.165, 1.54) is 6.07 Å². The third-order valence-electron chi connectivity index (χ3n) is 4.59. The maximum absolute atomic E-state index is 12.9. The number of anilines is 1. The van der Waals surface area contributed by atoms with Gasteiger partial charge in [-0.15, -0.1) is 0 Å². The largest absolute Gasteiger partial charge is 0.481 e. The van der Waals surface area contributed by atoms with Gasteiger partial charge in [-0.2, -0.15) is 13.2 Å². The molecule has 3 rings (SSSR count). The first-order valence-corrected chi connectivity index (χ1v) is 9.25. The van der Waals surface area contributed by atoms with E-state index >= 15 is 0 Å². The zero-order valence-electron chi connectivity index (χ0n) is 15.2. The molecular weight excluding hydrogens is 393 g/mol. The molecule has 0 radical (unpaired) electrons. The summed E-state index contributed by atoms with van der Waals surface area (Å²) in [6, 6.07) is 12.1. The summed E-state index contributed by atoms with van der Waals surface area (Å²) in [7, 11) is 0. The molecule has 2 aromatic carbocycles. The highest BCUT2D eigenvalue weighted by atomic mass is 35.5. The first-order chi connectivity index (χ1) is 13.2. The molecular formula is C20H20ClF3N2O2. The second kappa shape index (κ2) is 8.31. The zero-order valence-corrected chi connectivity index (χ0v) is 16.0. The van der Waals surface area contributed by atoms with Gasteiger partial charge in [0.15, 0.2) is 6.10 Å². The smallest absolute Gasteiger partial charge is 0.416 e. The van der Waals surface area contributed by atoms with E-state index in [1.54, 1.807) is 42.2 Å². The van der Waals surface area contributed by atoms with E-state index in [9.17, 15) is 18.0 Å². The SMILES string of the molecule is CC(Oc1cccc(Cl)c1)C(=O)N1CCN(c2cccc(C(F)(F)F)c2)CC1. The lowest BCUT2D eigenvalue weighted by Gasteiger charge is -2.37. The van der Waals surface area contributed by atoms with Gasteiger partial charge in [-0.3, -0.25) is 4.79 Å². The fraction of sp³-hybridized carbons (Fsp3) is 0.350. The predicted molar refractivity (Wildman–Crippen MR) is 102 cm³/mol. The normalized spacial score (nSPS) is 16.0. The molecule has 1 atom stereocenters. The van der Waals surface area contributed by atoms with Crippen LogP contribution in [0.15, 0.2) is 48.5 Å². The van der Waals surface area contributed by atoms with Crippen molar-refractivity contribution < 1.29 is 22.7 Å². The van der Waals surface area contributed by atoms with Gasteiger partial charge in [0.05, 0.1) is 5.56 Å². The molecule has 1 heterocycles. The van der Waals surface area contributed by atoms with Gasteiger partial charge >= 0.3 is 6.18 Å². The van der Waals surface area contributed by atoms with Gasteiger partial charge in [-0.05, 0) is 43.3 Å². The summed E-state index contributed by atoms with van der Waals surface area (Å²) in [5, 5.41) is 0.520. The van der Waals surface area contributed by atoms with Gasteiger partial charge < -0.3 is 14.5 Å². The highest BCUT2D eigenvalue weighted by Crippen LogP contribution is 2.32. The topological polar surface area (TPSA) is 32.8 Å². The van der Waals surface area contributed by atoms with Crippen molar-refractivity contribution >= 4 is 23.2 Å². The summed E-state index contributed by atoms with van der Waals surface area (Å²) >= 11 is 5.92. The number of benzene rings is 2. The second-order valence-corrected chi connectivity index (χ2v) is 7.01. The third-order valence-corrected chi connectivity index (χ3v) is 4.82. The predicted octanol–water partition coefficient (Wildman–Crippen LogP) is 4.47. The second-order valence-electron chi connectivity index (χ2n) is 6.58. The summed E-state index contributed by atoms with van der Waals surface area (Å²) in [5.41, 5.74) is -0.169. The Labute approximate surface area is 166 Å². The molecule has 1 aliphatic rings. The molecule has 2 aromatic rings. The Morgan fingerprint density at radius 1 is 1.07 bits per heavy atom. The number of halogens is 4. The quantitative estimate of drug-likeness (QED) is 0.742. The van der Waals surface area contributed by atoms with Gasteiger partial charge in [-0.25, -0.2) is 0 Å². The number of rotatable bonds is 4. The molecule has 1 unspecified atom stereocenters. The van der Waals surface area contributed by atoms with Crippen molar-refractivity contribution in [1.82, 2.24) is 4.90 Å². The summed E-state index contributed by atoms with van der Waals surface area (Å²) < 4.78 is 44.4. The number of carbonyl (C=O) groups is 1. The Bertz CT molecular complexity index is 836. The third kappa shape index (κ3) is 4.90. The summed E-state index contributed by atoms with van der Waals surface area (Å²) in [5.74, 6) is 0.347. The van der Waals surface area contributed by atoms with E-state index in [0.29, 0.717) is 42.6 Å². The van der Waals surface area contributed by atoms with E-state index in [1.807, 2.05) is 4.90 Å². The van der Waals surface area contributed by atoms with Crippen LogP contribution in [0.3, 0.4) is 0 Å². The molecule has 4 nitrogen and oxygen atoms in total. The van der Waals surface area contributed by atoms with Crippen molar-refractivity contribution in [2.45, 2.75) is 19.2 Å². The van der Waals surface area contributed by atoms with Gasteiger partial charge in [0, 0.05) is 36.9 Å². The van der Waals surface area contributed by atoms with Crippen molar-refractivity contribution in [1.29, 1.82) is 0 Å². The van der Waals surface area contributed by atoms with Crippen LogP contribution < -0.4 is 9.64 Å². The Morgan fingerprint density at radius 3 is 2.39 bits per heavy atom. The van der Waals surface area contributed by atoms with Crippen LogP contribution in [0.5, 0.6) is 5.75 Å². The maximum Gasteiger partial charge on any atom is 0.416 e. The minimum absolute atomic E-state index is 0.163. The summed E-state index contributed by atoms with van der Waals surface area (Å²) in [6.45, 7) is 3.41. The fourth-order valence-corrected chi connectivity index (χ4v) is 3.30. The van der Waals surface area contributed by atoms with Crippen molar-refractivity contribution in [2.24, 2.45) is 0 Å². The fourth-order valence-electron chi connectivity index (χ4n) is 3.12. The lowest BCUT2D eigenvalue weighted by molar-refractivity contribution is -0.138. The van der Waals surface area contributed by atoms with Crippen LogP contribution in [-0.4, -0.2) is 43.1 Å². The zero-order chi connectivity index (χ0) is 20.3. The van der Waals surface area contributed by atoms with E-state index < -0.39 is 17.8 Å². The lowest BCUT2D eigenvalue weighted by atomic mass is 10.1. The minimum Gasteiger partial charge on any atom is -0.481 e. The number of carbonyl (C=O) groups excluding carboxylic acids is 1. The number of hydrogen-bond acceptors (Lipinski definition) is 3. The number of ether oxygens (including phenoxy) is 1. The molecule has 150 valence electrons. The molecule has 0 bridgehead atoms. The molecule has 1 fully saturated rings. The molecule has 1 aliphatic heterocycles. The van der Waals surface area contributed by atoms with Crippen molar-refractivity contribution in [2.75, 3.05) is 31.1 Å². The first kappa shape index (κ1) is 20.3. The van der Waals surface area contributed by atoms with Crippen LogP contribution in [0, 0.1) is 0 Å². The number of nitrogens with zero attached hydrogens (tertiary/aromatic N) is 2. The number of hydrogen-bond donors (Lipinski definition) is 0. The molecule has 0 spiro atoms. The molecule has 1 amide bonds. The van der Waals surface area contributed by atoms with Crippen LogP contribution in [0.4, 0.5) is 18.9 Å². The number of alkyl halides is 3. The molecule has 8 heteroatoms. The molecule has 0 N–H and O–H groups in total. The summed E-state index contributed by atoms with van der Waals surface area (Å²) in [4.78, 5) is 16.1. The van der Waals surface area contributed by atoms with E-state index in [-0.39, 0.29) is 5.91 Å². The Hall–Kier alpha value is -2.41. The summed E-state index contributed by atoms with van der Waals surface area (Å²) in [6.07, 6.45) is -5.06. The van der Waals surface area contributed by atoms with Gasteiger partial charge in [0.2, 0.25) is 0 Å². The van der Waals surface area contributed by atoms with Crippen LogP contribution in [-0.2, 0) is 11.0 Å². The van der Waals surface area contributed by atoms with E-state index in [4.69, 9.17) is 16.3 Å². The number of amides is 1. The molecule has 28 heavy (non-hydrogen) atoms. The Kier molecular flexibility index (Phi) is 6.03. The van der Waals surface area contributed by atoms with Crippen molar-refractivity contribution in [3.8, 4) is 5.75 Å². The number of piperazine rings is 1. The monoisotopic (exact) mass is 412 g/mol. The van der Waals surface area contributed by atoms with Crippen LogP contribution in [0.1, 0.15) is 12.5 Å². The van der Waals surface area contributed by atoms with Gasteiger partial charge in [0.1, 0.15) is 5.75 Å². The average molecular weight is 413 g/mol. The molecule has 0 aliphatic carbocycles. The van der Waals surface area contributed by atoms with Crippen LogP contribution in [0.2, 0.25) is 5.02 Å². The average Bonchev–Trinajstić information content (AvgIpc) is 2.67. The van der Waals surface area contributed by atoms with Gasteiger partial charge in [0.25, 0.3) is 5.91 Å². The van der Waals surface area contributed by atoms with Crippen molar-refractivity contribution in [3.05, 3.63) is 59.1 Å². The van der Waals surface area contributed by atoms with Crippen LogP contribution >= 0.6 is 11.6 Å². The molecule has 0 saturated carbocycles. The lowest BCUT2D eigenvalue weighted by Crippen LogP contribution is -2.52. The van der Waals surface area contributed by atoms with Crippen molar-refractivity contribution in [3.63, 3.8) is 0 Å². The highest BCUT2D eigenvalue weighted by Gasteiger charge is 2.31. The Balaban J connectivity index is 1.58. The Morgan fingerprint density at radius 2 is 1.75 bits per heavy atom. The van der Waals surface area contributed by atoms with E-state index in [0.717, 1.165) is 12.1 Å². The first-order valence-electron chi connectivity index (χ1n) is 8.87.